The summed E-state index contributed by atoms with van der Waals surface area (Å²) in [6.07, 6.45) is 3.90. The fourth-order valence-corrected chi connectivity index (χ4v) is 4.50. The van der Waals surface area contributed by atoms with Crippen molar-refractivity contribution in [2.45, 2.75) is 104 Å². The molecule has 5 unspecified atom stereocenters. The molecule has 5 atom stereocenters. The first-order valence-corrected chi connectivity index (χ1v) is 14.4. The van der Waals surface area contributed by atoms with Crippen LogP contribution in [0.1, 0.15) is 96.3 Å². The van der Waals surface area contributed by atoms with Gasteiger partial charge in [0.25, 0.3) is 5.91 Å². The van der Waals surface area contributed by atoms with Gasteiger partial charge in [-0.1, -0.05) is 65.4 Å². The second-order valence-corrected chi connectivity index (χ2v) is 10.7. The van der Waals surface area contributed by atoms with E-state index in [2.05, 4.69) is 17.6 Å². The Labute approximate surface area is 241 Å². The SMILES string of the molecule is CCCCCCCC1C(=O)OC(C)C(NC(=O)c2cccc(NC(C)=O)c2O)C(=O)OCC1OC(=O)CC(C)CC. The maximum absolute atomic E-state index is 13.4. The number of amides is 2. The maximum Gasteiger partial charge on any atom is 0.332 e. The molecule has 3 N–H and O–H groups in total. The number of esters is 3. The lowest BCUT2D eigenvalue weighted by Gasteiger charge is -2.25. The molecule has 11 nitrogen and oxygen atoms in total. The van der Waals surface area contributed by atoms with Crippen molar-refractivity contribution in [2.75, 3.05) is 11.9 Å². The molecular weight excluding hydrogens is 532 g/mol. The van der Waals surface area contributed by atoms with E-state index in [0.717, 1.165) is 32.1 Å². The van der Waals surface area contributed by atoms with Gasteiger partial charge in [-0.2, -0.15) is 0 Å². The van der Waals surface area contributed by atoms with Crippen molar-refractivity contribution in [2.24, 2.45) is 11.8 Å². The average molecular weight is 577 g/mol. The zero-order valence-corrected chi connectivity index (χ0v) is 24.7. The fraction of sp³-hybridized carbons (Fsp3) is 0.633. The van der Waals surface area contributed by atoms with Crippen molar-refractivity contribution < 1.29 is 43.3 Å². The molecule has 2 amide bonds. The molecule has 1 aromatic rings. The first-order chi connectivity index (χ1) is 19.5. The normalized spacial score (nSPS) is 21.8. The monoisotopic (exact) mass is 576 g/mol. The van der Waals surface area contributed by atoms with Crippen LogP contribution in [-0.4, -0.2) is 59.7 Å². The number of rotatable bonds is 13. The lowest BCUT2D eigenvalue weighted by molar-refractivity contribution is -0.168. The lowest BCUT2D eigenvalue weighted by Crippen LogP contribution is -2.49. The number of cyclic esters (lactones) is 2. The molecule has 1 aliphatic rings. The Morgan fingerprint density at radius 3 is 2.46 bits per heavy atom. The zero-order valence-electron chi connectivity index (χ0n) is 24.7. The molecule has 1 aromatic carbocycles. The van der Waals surface area contributed by atoms with E-state index in [1.54, 1.807) is 0 Å². The third-order valence-electron chi connectivity index (χ3n) is 7.16. The molecule has 0 spiro atoms. The molecule has 1 heterocycles. The number of aromatic hydroxyl groups is 1. The maximum atomic E-state index is 13.4. The van der Waals surface area contributed by atoms with E-state index in [4.69, 9.17) is 14.2 Å². The number of ether oxygens (including phenoxy) is 3. The summed E-state index contributed by atoms with van der Waals surface area (Å²) in [6.45, 7) is 8.31. The van der Waals surface area contributed by atoms with Crippen LogP contribution in [0.5, 0.6) is 5.75 Å². The van der Waals surface area contributed by atoms with Gasteiger partial charge in [0.1, 0.15) is 18.8 Å². The van der Waals surface area contributed by atoms with E-state index in [1.807, 2.05) is 13.8 Å². The summed E-state index contributed by atoms with van der Waals surface area (Å²) in [7, 11) is 0. The largest absolute Gasteiger partial charge is 0.505 e. The number of benzene rings is 1. The minimum absolute atomic E-state index is 0.0190. The first-order valence-electron chi connectivity index (χ1n) is 14.4. The van der Waals surface area contributed by atoms with Crippen LogP contribution in [0.4, 0.5) is 5.69 Å². The van der Waals surface area contributed by atoms with Gasteiger partial charge >= 0.3 is 17.9 Å². The summed E-state index contributed by atoms with van der Waals surface area (Å²) in [5.74, 6) is -4.57. The van der Waals surface area contributed by atoms with E-state index in [0.29, 0.717) is 12.8 Å². The minimum Gasteiger partial charge on any atom is -0.505 e. The van der Waals surface area contributed by atoms with Gasteiger partial charge in [-0.05, 0) is 31.4 Å². The number of hydrogen-bond donors (Lipinski definition) is 3. The van der Waals surface area contributed by atoms with Gasteiger partial charge in [0.15, 0.2) is 11.8 Å². The van der Waals surface area contributed by atoms with Crippen LogP contribution in [0.2, 0.25) is 0 Å². The number of para-hydroxylation sites is 1. The van der Waals surface area contributed by atoms with E-state index in [9.17, 15) is 29.1 Å². The van der Waals surface area contributed by atoms with Crippen molar-refractivity contribution in [3.63, 3.8) is 0 Å². The Balaban J connectivity index is 2.26. The quantitative estimate of drug-likeness (QED) is 0.135. The Morgan fingerprint density at radius 1 is 1.10 bits per heavy atom. The van der Waals surface area contributed by atoms with E-state index in [-0.39, 0.29) is 30.2 Å². The molecule has 0 aromatic heterocycles. The Morgan fingerprint density at radius 2 is 1.80 bits per heavy atom. The van der Waals surface area contributed by atoms with E-state index in [1.165, 1.54) is 32.0 Å². The molecule has 0 saturated carbocycles. The van der Waals surface area contributed by atoms with E-state index < -0.39 is 59.6 Å². The lowest BCUT2D eigenvalue weighted by atomic mass is 9.94. The molecule has 11 heteroatoms. The molecule has 1 fully saturated rings. The van der Waals surface area contributed by atoms with Crippen LogP contribution in [0, 0.1) is 11.8 Å². The molecule has 0 bridgehead atoms. The van der Waals surface area contributed by atoms with Crippen molar-refractivity contribution in [1.29, 1.82) is 0 Å². The summed E-state index contributed by atoms with van der Waals surface area (Å²) in [4.78, 5) is 63.6. The zero-order chi connectivity index (χ0) is 30.5. The molecule has 228 valence electrons. The van der Waals surface area contributed by atoms with Gasteiger partial charge in [0.2, 0.25) is 5.91 Å². The van der Waals surface area contributed by atoms with Gasteiger partial charge in [-0.25, -0.2) is 4.79 Å². The Bertz CT molecular complexity index is 1070. The number of hydrogen-bond acceptors (Lipinski definition) is 9. The topological polar surface area (TPSA) is 157 Å². The van der Waals surface area contributed by atoms with Crippen LogP contribution < -0.4 is 10.6 Å². The number of unbranched alkanes of at least 4 members (excludes halogenated alkanes) is 4. The molecule has 2 rings (SSSR count). The van der Waals surface area contributed by atoms with Gasteiger partial charge in [0, 0.05) is 13.3 Å². The number of phenols is 1. The van der Waals surface area contributed by atoms with Gasteiger partial charge in [-0.15, -0.1) is 0 Å². The van der Waals surface area contributed by atoms with Gasteiger partial charge in [0.05, 0.1) is 17.2 Å². The highest BCUT2D eigenvalue weighted by molar-refractivity contribution is 6.02. The molecule has 41 heavy (non-hydrogen) atoms. The summed E-state index contributed by atoms with van der Waals surface area (Å²) in [6, 6.07) is 2.77. The fourth-order valence-electron chi connectivity index (χ4n) is 4.50. The Hall–Kier alpha value is -3.63. The van der Waals surface area contributed by atoms with Crippen LogP contribution >= 0.6 is 0 Å². The summed E-state index contributed by atoms with van der Waals surface area (Å²) in [5, 5.41) is 15.4. The predicted molar refractivity (Wildman–Crippen MR) is 151 cm³/mol. The van der Waals surface area contributed by atoms with Crippen LogP contribution in [0.3, 0.4) is 0 Å². The predicted octanol–water partition coefficient (Wildman–Crippen LogP) is 4.26. The first kappa shape index (κ1) is 33.6. The minimum atomic E-state index is -1.41. The van der Waals surface area contributed by atoms with Crippen LogP contribution in [0.25, 0.3) is 0 Å². The number of phenolic OH excluding ortho intramolecular Hbond substituents is 1. The van der Waals surface area contributed by atoms with Gasteiger partial charge in [-0.3, -0.25) is 19.2 Å². The highest BCUT2D eigenvalue weighted by Crippen LogP contribution is 2.28. The molecule has 0 radical (unpaired) electrons. The standard InChI is InChI=1S/C30H44N2O9/c1-6-8-9-10-11-13-21-24(41-25(34)16-18(3)7-2)17-39-30(38)26(19(4)40-29(21)37)32-28(36)22-14-12-15-23(27(22)35)31-20(5)33/h12,14-15,18-19,21,24,26,35H,6-11,13,16-17H2,1-5H3,(H,31,33)(H,32,36). The second kappa shape index (κ2) is 16.6. The third-order valence-corrected chi connectivity index (χ3v) is 7.16. The second-order valence-electron chi connectivity index (χ2n) is 10.7. The summed E-state index contributed by atoms with van der Waals surface area (Å²) < 4.78 is 16.8. The van der Waals surface area contributed by atoms with Crippen molar-refractivity contribution >= 4 is 35.4 Å². The number of nitrogens with one attached hydrogen (secondary N) is 2. The number of carbonyl (C=O) groups excluding carboxylic acids is 5. The highest BCUT2D eigenvalue weighted by Gasteiger charge is 2.40. The van der Waals surface area contributed by atoms with Crippen LogP contribution in [0.15, 0.2) is 18.2 Å². The third kappa shape index (κ3) is 10.4. The van der Waals surface area contributed by atoms with E-state index >= 15 is 0 Å². The molecular formula is C30H44N2O9. The summed E-state index contributed by atoms with van der Waals surface area (Å²) >= 11 is 0. The smallest absolute Gasteiger partial charge is 0.332 e. The van der Waals surface area contributed by atoms with Crippen molar-refractivity contribution in [1.82, 2.24) is 5.32 Å². The molecule has 1 saturated heterocycles. The van der Waals surface area contributed by atoms with Gasteiger partial charge < -0.3 is 30.0 Å². The highest BCUT2D eigenvalue weighted by atomic mass is 16.6. The van der Waals surface area contributed by atoms with Crippen molar-refractivity contribution in [3.8, 4) is 5.75 Å². The number of anilines is 1. The summed E-state index contributed by atoms with van der Waals surface area (Å²) in [5.41, 5.74) is -0.185. The number of carbonyl (C=O) groups is 5. The average Bonchev–Trinajstić information content (AvgIpc) is 2.95. The molecule has 1 aliphatic heterocycles. The Kier molecular flexibility index (Phi) is 13.6. The van der Waals surface area contributed by atoms with Crippen molar-refractivity contribution in [3.05, 3.63) is 23.8 Å². The van der Waals surface area contributed by atoms with Crippen LogP contribution in [-0.2, 0) is 33.4 Å². The molecule has 0 aliphatic carbocycles.